The Hall–Kier alpha value is -1.54. The number of nitrogens with zero attached hydrogens (tertiary/aromatic N) is 1. The minimum absolute atomic E-state index is 0.337. The maximum atomic E-state index is 11.5. The molecule has 1 aromatic carbocycles. The molecule has 1 rings (SSSR count). The molecule has 0 heterocycles. The largest absolute Gasteiger partial charge is 0.464 e. The second-order valence-corrected chi connectivity index (χ2v) is 4.25. The molecule has 1 aromatic rings. The fourth-order valence-electron chi connectivity index (χ4n) is 1.32. The van der Waals surface area contributed by atoms with E-state index in [0.29, 0.717) is 22.3 Å². The van der Waals surface area contributed by atoms with Gasteiger partial charge in [-0.1, -0.05) is 6.07 Å². The molecule has 0 aromatic heterocycles. The van der Waals surface area contributed by atoms with Crippen molar-refractivity contribution in [3.8, 4) is 6.07 Å². The molecule has 0 radical (unpaired) electrons. The van der Waals surface area contributed by atoms with E-state index >= 15 is 0 Å². The lowest BCUT2D eigenvalue weighted by Gasteiger charge is -2.15. The molecule has 1 atom stereocenters. The van der Waals surface area contributed by atoms with Crippen molar-refractivity contribution in [1.29, 1.82) is 5.26 Å². The monoisotopic (exact) mass is 296 g/mol. The van der Waals surface area contributed by atoms with Crippen LogP contribution >= 0.6 is 15.9 Å². The molecule has 0 aliphatic heterocycles. The molecule has 5 heteroatoms. The van der Waals surface area contributed by atoms with Gasteiger partial charge in [-0.05, 0) is 41.9 Å². The van der Waals surface area contributed by atoms with Gasteiger partial charge in [0.05, 0.1) is 17.9 Å². The summed E-state index contributed by atoms with van der Waals surface area (Å²) in [5.74, 6) is -0.337. The highest BCUT2D eigenvalue weighted by atomic mass is 79.9. The fourth-order valence-corrected chi connectivity index (χ4v) is 1.77. The summed E-state index contributed by atoms with van der Waals surface area (Å²) in [5.41, 5.74) is 1.09. The smallest absolute Gasteiger partial charge is 0.328 e. The zero-order valence-corrected chi connectivity index (χ0v) is 11.2. The van der Waals surface area contributed by atoms with Crippen LogP contribution in [0.5, 0.6) is 0 Å². The second-order valence-electron chi connectivity index (χ2n) is 3.39. The molecule has 0 aliphatic carbocycles. The van der Waals surface area contributed by atoms with Gasteiger partial charge in [-0.25, -0.2) is 4.79 Å². The Balaban J connectivity index is 2.86. The van der Waals surface area contributed by atoms with Gasteiger partial charge in [0.2, 0.25) is 0 Å². The van der Waals surface area contributed by atoms with Gasteiger partial charge in [0.1, 0.15) is 12.1 Å². The first-order chi connectivity index (χ1) is 8.10. The van der Waals surface area contributed by atoms with Gasteiger partial charge in [0.25, 0.3) is 0 Å². The van der Waals surface area contributed by atoms with Crippen molar-refractivity contribution in [3.05, 3.63) is 28.2 Å². The zero-order chi connectivity index (χ0) is 12.8. The predicted octanol–water partition coefficient (Wildman–Crippen LogP) is 2.68. The zero-order valence-electron chi connectivity index (χ0n) is 9.66. The average Bonchev–Trinajstić information content (AvgIpc) is 2.29. The highest BCUT2D eigenvalue weighted by Gasteiger charge is 2.15. The number of halogens is 1. The van der Waals surface area contributed by atoms with Crippen molar-refractivity contribution in [3.63, 3.8) is 0 Å². The topological polar surface area (TPSA) is 62.1 Å². The summed E-state index contributed by atoms with van der Waals surface area (Å²) in [6, 6.07) is 6.91. The van der Waals surface area contributed by atoms with Crippen LogP contribution in [0.4, 0.5) is 5.69 Å². The van der Waals surface area contributed by atoms with Crippen LogP contribution < -0.4 is 5.32 Å². The van der Waals surface area contributed by atoms with Gasteiger partial charge in [0, 0.05) is 4.47 Å². The van der Waals surface area contributed by atoms with Crippen molar-refractivity contribution in [2.45, 2.75) is 19.9 Å². The molecule has 0 saturated carbocycles. The van der Waals surface area contributed by atoms with Crippen LogP contribution in [0, 0.1) is 11.3 Å². The lowest BCUT2D eigenvalue weighted by molar-refractivity contribution is -0.143. The van der Waals surface area contributed by atoms with Gasteiger partial charge in [0.15, 0.2) is 0 Å². The van der Waals surface area contributed by atoms with Crippen LogP contribution in [0.1, 0.15) is 19.4 Å². The molecule has 0 spiro atoms. The fraction of sp³-hybridized carbons (Fsp3) is 0.333. The first-order valence-electron chi connectivity index (χ1n) is 5.22. The van der Waals surface area contributed by atoms with Crippen molar-refractivity contribution >= 4 is 27.6 Å². The number of carbonyl (C=O) groups is 1. The Labute approximate surface area is 109 Å². The van der Waals surface area contributed by atoms with Crippen molar-refractivity contribution in [2.24, 2.45) is 0 Å². The molecule has 0 fully saturated rings. The van der Waals surface area contributed by atoms with Crippen LogP contribution in [-0.4, -0.2) is 18.6 Å². The molecule has 1 N–H and O–H groups in total. The highest BCUT2D eigenvalue weighted by Crippen LogP contribution is 2.24. The van der Waals surface area contributed by atoms with E-state index in [1.165, 1.54) is 0 Å². The van der Waals surface area contributed by atoms with Crippen LogP contribution in [0.3, 0.4) is 0 Å². The predicted molar refractivity (Wildman–Crippen MR) is 68.6 cm³/mol. The number of rotatable bonds is 4. The van der Waals surface area contributed by atoms with Crippen LogP contribution in [-0.2, 0) is 9.53 Å². The molecule has 0 aliphatic rings. The van der Waals surface area contributed by atoms with E-state index in [0.717, 1.165) is 0 Å². The van der Waals surface area contributed by atoms with Crippen molar-refractivity contribution in [1.82, 2.24) is 0 Å². The highest BCUT2D eigenvalue weighted by molar-refractivity contribution is 9.10. The number of hydrogen-bond donors (Lipinski definition) is 1. The van der Waals surface area contributed by atoms with Crippen LogP contribution in [0.2, 0.25) is 0 Å². The summed E-state index contributed by atoms with van der Waals surface area (Å²) in [4.78, 5) is 11.5. The first kappa shape index (κ1) is 13.5. The van der Waals surface area contributed by atoms with Gasteiger partial charge >= 0.3 is 5.97 Å². The molecule has 0 saturated heterocycles. The Morgan fingerprint density at radius 1 is 1.65 bits per heavy atom. The third-order valence-electron chi connectivity index (χ3n) is 2.14. The van der Waals surface area contributed by atoms with E-state index in [9.17, 15) is 4.79 Å². The number of nitriles is 1. The first-order valence-corrected chi connectivity index (χ1v) is 6.01. The molecular formula is C12H13BrN2O2. The SMILES string of the molecule is CCOC(=O)C(C)Nc1cccc(Br)c1C#N. The molecule has 4 nitrogen and oxygen atoms in total. The van der Waals surface area contributed by atoms with Crippen LogP contribution in [0.25, 0.3) is 0 Å². The van der Waals surface area contributed by atoms with Crippen molar-refractivity contribution < 1.29 is 9.53 Å². The quantitative estimate of drug-likeness (QED) is 0.868. The summed E-state index contributed by atoms with van der Waals surface area (Å²) in [6.45, 7) is 3.79. The number of hydrogen-bond acceptors (Lipinski definition) is 4. The maximum Gasteiger partial charge on any atom is 0.328 e. The van der Waals surface area contributed by atoms with E-state index in [1.807, 2.05) is 0 Å². The molecule has 1 unspecified atom stereocenters. The Morgan fingerprint density at radius 2 is 2.35 bits per heavy atom. The summed E-state index contributed by atoms with van der Waals surface area (Å²) in [7, 11) is 0. The minimum Gasteiger partial charge on any atom is -0.464 e. The second kappa shape index (κ2) is 6.26. The minimum atomic E-state index is -0.489. The maximum absolute atomic E-state index is 11.5. The summed E-state index contributed by atoms with van der Waals surface area (Å²) < 4.78 is 5.58. The van der Waals surface area contributed by atoms with Gasteiger partial charge in [-0.15, -0.1) is 0 Å². The van der Waals surface area contributed by atoms with E-state index < -0.39 is 6.04 Å². The third-order valence-corrected chi connectivity index (χ3v) is 2.80. The Morgan fingerprint density at radius 3 is 2.94 bits per heavy atom. The third kappa shape index (κ3) is 3.46. The number of ether oxygens (including phenoxy) is 1. The van der Waals surface area contributed by atoms with E-state index in [4.69, 9.17) is 10.00 Å². The molecule has 17 heavy (non-hydrogen) atoms. The summed E-state index contributed by atoms with van der Waals surface area (Å²) >= 11 is 3.29. The Kier molecular flexibility index (Phi) is 4.98. The number of benzene rings is 1. The lowest BCUT2D eigenvalue weighted by Crippen LogP contribution is -2.28. The number of anilines is 1. The van der Waals surface area contributed by atoms with Gasteiger partial charge in [-0.2, -0.15) is 5.26 Å². The molecular weight excluding hydrogens is 284 g/mol. The number of esters is 1. The van der Waals surface area contributed by atoms with E-state index in [2.05, 4.69) is 27.3 Å². The number of carbonyl (C=O) groups excluding carboxylic acids is 1. The average molecular weight is 297 g/mol. The van der Waals surface area contributed by atoms with Crippen molar-refractivity contribution in [2.75, 3.05) is 11.9 Å². The van der Waals surface area contributed by atoms with E-state index in [1.54, 1.807) is 32.0 Å². The Bertz CT molecular complexity index is 454. The summed E-state index contributed by atoms with van der Waals surface area (Å²) in [6.07, 6.45) is 0. The molecule has 0 bridgehead atoms. The van der Waals surface area contributed by atoms with Crippen LogP contribution in [0.15, 0.2) is 22.7 Å². The molecule has 90 valence electrons. The van der Waals surface area contributed by atoms with Gasteiger partial charge < -0.3 is 10.1 Å². The molecule has 0 amide bonds. The van der Waals surface area contributed by atoms with E-state index in [-0.39, 0.29) is 5.97 Å². The normalized spacial score (nSPS) is 11.4. The summed E-state index contributed by atoms with van der Waals surface area (Å²) in [5, 5.41) is 12.0. The lowest BCUT2D eigenvalue weighted by atomic mass is 10.2. The standard InChI is InChI=1S/C12H13BrN2O2/c1-3-17-12(16)8(2)15-11-6-4-5-10(13)9(11)7-14/h4-6,8,15H,3H2,1-2H3. The van der Waals surface area contributed by atoms with Gasteiger partial charge in [-0.3, -0.25) is 0 Å². The number of nitrogens with one attached hydrogen (secondary N) is 1.